The summed E-state index contributed by atoms with van der Waals surface area (Å²) in [7, 11) is 1.59. The van der Waals surface area contributed by atoms with Crippen molar-refractivity contribution in [3.63, 3.8) is 0 Å². The van der Waals surface area contributed by atoms with E-state index in [1.807, 2.05) is 37.3 Å². The highest BCUT2D eigenvalue weighted by atomic mass is 79.9. The van der Waals surface area contributed by atoms with Crippen LogP contribution < -0.4 is 10.9 Å². The number of benzene rings is 2. The second-order valence-electron chi connectivity index (χ2n) is 5.61. The Hall–Kier alpha value is -2.47. The van der Waals surface area contributed by atoms with Gasteiger partial charge in [0, 0.05) is 22.6 Å². The molecule has 0 fully saturated rings. The SMILES string of the molecule is Cc1cc(Br)ccc1NC(=O)Cc1nn(C)c(=O)c2ccccc12. The van der Waals surface area contributed by atoms with Crippen LogP contribution in [0.4, 0.5) is 5.69 Å². The van der Waals surface area contributed by atoms with E-state index in [0.717, 1.165) is 15.7 Å². The summed E-state index contributed by atoms with van der Waals surface area (Å²) in [5.74, 6) is -0.170. The van der Waals surface area contributed by atoms with Crippen molar-refractivity contribution in [2.24, 2.45) is 7.05 Å². The van der Waals surface area contributed by atoms with Gasteiger partial charge in [0.05, 0.1) is 17.5 Å². The molecule has 0 aliphatic rings. The molecule has 5 nitrogen and oxygen atoms in total. The predicted octanol–water partition coefficient (Wildman–Crippen LogP) is 3.19. The first-order chi connectivity index (χ1) is 11.5. The Morgan fingerprint density at radius 2 is 1.92 bits per heavy atom. The Labute approximate surface area is 147 Å². The van der Waals surface area contributed by atoms with Gasteiger partial charge in [0.15, 0.2) is 0 Å². The van der Waals surface area contributed by atoms with E-state index in [1.165, 1.54) is 4.68 Å². The molecule has 1 N–H and O–H groups in total. The van der Waals surface area contributed by atoms with Crippen LogP contribution in [0.3, 0.4) is 0 Å². The van der Waals surface area contributed by atoms with E-state index in [4.69, 9.17) is 0 Å². The van der Waals surface area contributed by atoms with Gasteiger partial charge >= 0.3 is 0 Å². The summed E-state index contributed by atoms with van der Waals surface area (Å²) in [6.07, 6.45) is 0.101. The quantitative estimate of drug-likeness (QED) is 0.752. The van der Waals surface area contributed by atoms with Gasteiger partial charge in [0.25, 0.3) is 5.56 Å². The summed E-state index contributed by atoms with van der Waals surface area (Å²) in [4.78, 5) is 24.5. The maximum Gasteiger partial charge on any atom is 0.274 e. The number of hydrogen-bond donors (Lipinski definition) is 1. The first-order valence-corrected chi connectivity index (χ1v) is 8.26. The highest BCUT2D eigenvalue weighted by molar-refractivity contribution is 9.10. The van der Waals surface area contributed by atoms with Crippen molar-refractivity contribution in [2.45, 2.75) is 13.3 Å². The second-order valence-corrected chi connectivity index (χ2v) is 6.52. The van der Waals surface area contributed by atoms with Crippen molar-refractivity contribution in [1.82, 2.24) is 9.78 Å². The largest absolute Gasteiger partial charge is 0.326 e. The molecule has 6 heteroatoms. The Morgan fingerprint density at radius 3 is 2.62 bits per heavy atom. The summed E-state index contributed by atoms with van der Waals surface area (Å²) in [6.45, 7) is 1.93. The molecule has 1 aromatic heterocycles. The standard InChI is InChI=1S/C18H16BrN3O2/c1-11-9-12(19)7-8-15(11)20-17(23)10-16-13-5-3-4-6-14(13)18(24)22(2)21-16/h3-9H,10H2,1-2H3,(H,20,23). The fourth-order valence-electron chi connectivity index (χ4n) is 2.62. The maximum absolute atomic E-state index is 12.4. The van der Waals surface area contributed by atoms with Crippen molar-refractivity contribution < 1.29 is 4.79 Å². The molecule has 0 saturated carbocycles. The average molecular weight is 386 g/mol. The number of carbonyl (C=O) groups excluding carboxylic acids is 1. The van der Waals surface area contributed by atoms with Crippen molar-refractivity contribution >= 4 is 38.3 Å². The van der Waals surface area contributed by atoms with Crippen molar-refractivity contribution in [2.75, 3.05) is 5.32 Å². The van der Waals surface area contributed by atoms with Crippen LogP contribution in [0.15, 0.2) is 51.7 Å². The van der Waals surface area contributed by atoms with Gasteiger partial charge in [0.1, 0.15) is 0 Å². The average Bonchev–Trinajstić information content (AvgIpc) is 2.55. The number of halogens is 1. The Balaban J connectivity index is 1.91. The van der Waals surface area contributed by atoms with Gasteiger partial charge in [-0.25, -0.2) is 4.68 Å². The van der Waals surface area contributed by atoms with E-state index in [2.05, 4.69) is 26.3 Å². The predicted molar refractivity (Wildman–Crippen MR) is 98.2 cm³/mol. The summed E-state index contributed by atoms with van der Waals surface area (Å²) >= 11 is 3.40. The maximum atomic E-state index is 12.4. The third-order valence-corrected chi connectivity index (χ3v) is 4.32. The van der Waals surface area contributed by atoms with E-state index in [1.54, 1.807) is 19.2 Å². The first-order valence-electron chi connectivity index (χ1n) is 7.46. The zero-order chi connectivity index (χ0) is 17.3. The molecule has 0 aliphatic heterocycles. The lowest BCUT2D eigenvalue weighted by Gasteiger charge is -2.10. The van der Waals surface area contributed by atoms with E-state index in [0.29, 0.717) is 16.5 Å². The number of carbonyl (C=O) groups is 1. The molecule has 2 aromatic carbocycles. The number of aryl methyl sites for hydroxylation is 2. The number of hydrogen-bond acceptors (Lipinski definition) is 3. The third-order valence-electron chi connectivity index (χ3n) is 3.82. The summed E-state index contributed by atoms with van der Waals surface area (Å²) < 4.78 is 2.24. The number of fused-ring (bicyclic) bond motifs is 1. The lowest BCUT2D eigenvalue weighted by atomic mass is 10.1. The fourth-order valence-corrected chi connectivity index (χ4v) is 3.10. The lowest BCUT2D eigenvalue weighted by Crippen LogP contribution is -2.24. The zero-order valence-electron chi connectivity index (χ0n) is 13.3. The van der Waals surface area contributed by atoms with Crippen LogP contribution in [0.5, 0.6) is 0 Å². The van der Waals surface area contributed by atoms with Crippen LogP contribution in [0, 0.1) is 6.92 Å². The molecule has 0 spiro atoms. The molecule has 0 atom stereocenters. The minimum Gasteiger partial charge on any atom is -0.326 e. The number of rotatable bonds is 3. The van der Waals surface area contributed by atoms with Gasteiger partial charge in [-0.15, -0.1) is 0 Å². The Bertz CT molecular complexity index is 995. The smallest absolute Gasteiger partial charge is 0.274 e. The van der Waals surface area contributed by atoms with Crippen LogP contribution in [0.2, 0.25) is 0 Å². The van der Waals surface area contributed by atoms with Crippen molar-refractivity contribution in [3.05, 3.63) is 68.5 Å². The van der Waals surface area contributed by atoms with Gasteiger partial charge in [0.2, 0.25) is 5.91 Å². The number of nitrogens with one attached hydrogen (secondary N) is 1. The molecule has 0 bridgehead atoms. The molecule has 0 saturated heterocycles. The third kappa shape index (κ3) is 3.23. The summed E-state index contributed by atoms with van der Waals surface area (Å²) in [5.41, 5.74) is 2.15. The number of amides is 1. The molecule has 0 unspecified atom stereocenters. The van der Waals surface area contributed by atoms with Crippen LogP contribution in [-0.4, -0.2) is 15.7 Å². The minimum atomic E-state index is -0.170. The number of nitrogens with zero attached hydrogens (tertiary/aromatic N) is 2. The molecule has 0 aliphatic carbocycles. The molecule has 122 valence electrons. The van der Waals surface area contributed by atoms with Crippen LogP contribution in [-0.2, 0) is 18.3 Å². The van der Waals surface area contributed by atoms with Gasteiger partial charge in [-0.3, -0.25) is 9.59 Å². The van der Waals surface area contributed by atoms with Crippen molar-refractivity contribution in [3.8, 4) is 0 Å². The number of aromatic nitrogens is 2. The van der Waals surface area contributed by atoms with Gasteiger partial charge < -0.3 is 5.32 Å². The normalized spacial score (nSPS) is 10.8. The molecule has 3 rings (SSSR count). The monoisotopic (exact) mass is 385 g/mol. The van der Waals surface area contributed by atoms with Gasteiger partial charge in [-0.05, 0) is 36.8 Å². The molecular formula is C18H16BrN3O2. The lowest BCUT2D eigenvalue weighted by molar-refractivity contribution is -0.115. The van der Waals surface area contributed by atoms with Gasteiger partial charge in [-0.2, -0.15) is 5.10 Å². The molecule has 3 aromatic rings. The molecular weight excluding hydrogens is 370 g/mol. The zero-order valence-corrected chi connectivity index (χ0v) is 14.9. The van der Waals surface area contributed by atoms with Gasteiger partial charge in [-0.1, -0.05) is 34.1 Å². The van der Waals surface area contributed by atoms with Crippen LogP contribution >= 0.6 is 15.9 Å². The fraction of sp³-hybridized carbons (Fsp3) is 0.167. The summed E-state index contributed by atoms with van der Waals surface area (Å²) in [6, 6.07) is 12.9. The molecule has 0 radical (unpaired) electrons. The van der Waals surface area contributed by atoms with E-state index in [9.17, 15) is 9.59 Å². The number of anilines is 1. The molecule has 1 heterocycles. The first kappa shape index (κ1) is 16.4. The Kier molecular flexibility index (Phi) is 4.49. The molecule has 24 heavy (non-hydrogen) atoms. The van der Waals surface area contributed by atoms with E-state index >= 15 is 0 Å². The van der Waals surface area contributed by atoms with E-state index < -0.39 is 0 Å². The Morgan fingerprint density at radius 1 is 1.21 bits per heavy atom. The second kappa shape index (κ2) is 6.57. The topological polar surface area (TPSA) is 64.0 Å². The van der Waals surface area contributed by atoms with Crippen LogP contribution in [0.25, 0.3) is 10.8 Å². The highest BCUT2D eigenvalue weighted by Crippen LogP contribution is 2.20. The van der Waals surface area contributed by atoms with E-state index in [-0.39, 0.29) is 17.9 Å². The van der Waals surface area contributed by atoms with Crippen LogP contribution in [0.1, 0.15) is 11.3 Å². The highest BCUT2D eigenvalue weighted by Gasteiger charge is 2.13. The summed E-state index contributed by atoms with van der Waals surface area (Å²) in [5, 5.41) is 8.43. The van der Waals surface area contributed by atoms with Crippen molar-refractivity contribution in [1.29, 1.82) is 0 Å². The minimum absolute atomic E-state index is 0.101. The molecule has 1 amide bonds.